The Morgan fingerprint density at radius 1 is 1.29 bits per heavy atom. The lowest BCUT2D eigenvalue weighted by atomic mass is 10.1. The number of thiophene rings is 1. The third kappa shape index (κ3) is 3.69. The summed E-state index contributed by atoms with van der Waals surface area (Å²) < 4.78 is 5.72. The summed E-state index contributed by atoms with van der Waals surface area (Å²) in [4.78, 5) is 12.4. The fourth-order valence-electron chi connectivity index (χ4n) is 3.09. The Labute approximate surface area is 156 Å². The molecule has 1 saturated carbocycles. The van der Waals surface area contributed by atoms with Crippen LogP contribution in [0.2, 0.25) is 0 Å². The van der Waals surface area contributed by atoms with E-state index in [9.17, 15) is 4.79 Å². The standard InChI is InChI=1S/C19H18Cl2O2S/c1-19(2)15(9-16(20)21)17(19)18(22)23-10-12-4-3-5-13(8-12)14-6-7-24-11-14/h3-9,11,15,17H,10H2,1-2H3/t15-,17-/m0/s1. The number of allylic oxidation sites excluding steroid dienone is 1. The number of carbonyl (C=O) groups is 1. The van der Waals surface area contributed by atoms with Crippen LogP contribution in [-0.4, -0.2) is 5.97 Å². The van der Waals surface area contributed by atoms with Gasteiger partial charge in [0.05, 0.1) is 5.92 Å². The number of hydrogen-bond donors (Lipinski definition) is 0. The van der Waals surface area contributed by atoms with E-state index in [1.165, 1.54) is 5.56 Å². The van der Waals surface area contributed by atoms with Gasteiger partial charge in [-0.25, -0.2) is 0 Å². The summed E-state index contributed by atoms with van der Waals surface area (Å²) in [7, 11) is 0. The van der Waals surface area contributed by atoms with Crippen molar-refractivity contribution in [1.29, 1.82) is 0 Å². The van der Waals surface area contributed by atoms with Gasteiger partial charge in [0.2, 0.25) is 0 Å². The van der Waals surface area contributed by atoms with Crippen molar-refractivity contribution in [2.24, 2.45) is 17.3 Å². The minimum atomic E-state index is -0.197. The molecule has 0 radical (unpaired) electrons. The van der Waals surface area contributed by atoms with E-state index in [2.05, 4.69) is 23.6 Å². The molecule has 1 aromatic heterocycles. The lowest BCUT2D eigenvalue weighted by Gasteiger charge is -2.07. The number of ether oxygens (including phenoxy) is 1. The summed E-state index contributed by atoms with van der Waals surface area (Å²) in [6.07, 6.45) is 1.73. The van der Waals surface area contributed by atoms with E-state index in [1.54, 1.807) is 17.4 Å². The van der Waals surface area contributed by atoms with E-state index in [4.69, 9.17) is 27.9 Å². The van der Waals surface area contributed by atoms with E-state index in [0.29, 0.717) is 0 Å². The van der Waals surface area contributed by atoms with Crippen LogP contribution in [0.4, 0.5) is 0 Å². The van der Waals surface area contributed by atoms with E-state index >= 15 is 0 Å². The number of carbonyl (C=O) groups excluding carboxylic acids is 1. The predicted octanol–water partition coefficient (Wildman–Crippen LogP) is 6.05. The van der Waals surface area contributed by atoms with E-state index in [1.807, 2.05) is 31.4 Å². The van der Waals surface area contributed by atoms with Crippen molar-refractivity contribution in [3.63, 3.8) is 0 Å². The molecule has 0 bridgehead atoms. The van der Waals surface area contributed by atoms with Crippen LogP contribution >= 0.6 is 34.5 Å². The van der Waals surface area contributed by atoms with Crippen LogP contribution in [0.1, 0.15) is 19.4 Å². The molecule has 0 spiro atoms. The summed E-state index contributed by atoms with van der Waals surface area (Å²) in [5.74, 6) is -0.353. The highest BCUT2D eigenvalue weighted by Crippen LogP contribution is 2.60. The van der Waals surface area contributed by atoms with Crippen molar-refractivity contribution in [2.45, 2.75) is 20.5 Å². The molecular formula is C19H18Cl2O2S. The normalized spacial score (nSPS) is 21.2. The smallest absolute Gasteiger partial charge is 0.310 e. The van der Waals surface area contributed by atoms with Gasteiger partial charge in [-0.05, 0) is 57.0 Å². The maximum absolute atomic E-state index is 12.4. The zero-order valence-corrected chi connectivity index (χ0v) is 15.8. The Hall–Kier alpha value is -1.29. The number of benzene rings is 1. The Bertz CT molecular complexity index is 761. The molecule has 24 heavy (non-hydrogen) atoms. The number of rotatable bonds is 5. The largest absolute Gasteiger partial charge is 0.461 e. The average molecular weight is 381 g/mol. The monoisotopic (exact) mass is 380 g/mol. The van der Waals surface area contributed by atoms with Crippen molar-refractivity contribution in [3.8, 4) is 11.1 Å². The lowest BCUT2D eigenvalue weighted by molar-refractivity contribution is -0.147. The summed E-state index contributed by atoms with van der Waals surface area (Å²) in [6.45, 7) is 4.32. The highest BCUT2D eigenvalue weighted by Gasteiger charge is 2.61. The van der Waals surface area contributed by atoms with Crippen molar-refractivity contribution in [2.75, 3.05) is 0 Å². The first kappa shape index (κ1) is 17.5. The molecule has 2 nitrogen and oxygen atoms in total. The first-order valence-electron chi connectivity index (χ1n) is 7.70. The molecule has 0 amide bonds. The molecule has 1 fully saturated rings. The van der Waals surface area contributed by atoms with Crippen LogP contribution in [-0.2, 0) is 16.1 Å². The Balaban J connectivity index is 1.63. The van der Waals surface area contributed by atoms with Crippen LogP contribution in [0.3, 0.4) is 0 Å². The zero-order chi connectivity index (χ0) is 17.3. The van der Waals surface area contributed by atoms with Gasteiger partial charge < -0.3 is 4.74 Å². The molecule has 0 saturated heterocycles. The molecular weight excluding hydrogens is 363 g/mol. The Kier molecular flexibility index (Phi) is 5.05. The summed E-state index contributed by atoms with van der Waals surface area (Å²) in [5.41, 5.74) is 3.13. The van der Waals surface area contributed by atoms with Gasteiger partial charge in [0.15, 0.2) is 0 Å². The number of esters is 1. The maximum atomic E-state index is 12.4. The molecule has 2 atom stereocenters. The molecule has 0 aliphatic heterocycles. The van der Waals surface area contributed by atoms with Crippen LogP contribution in [0.15, 0.2) is 51.7 Å². The Morgan fingerprint density at radius 2 is 2.08 bits per heavy atom. The molecule has 2 aromatic rings. The molecule has 126 valence electrons. The third-order valence-corrected chi connectivity index (χ3v) is 5.57. The number of hydrogen-bond acceptors (Lipinski definition) is 3. The molecule has 1 aliphatic carbocycles. The average Bonchev–Trinajstić information content (AvgIpc) is 2.94. The molecule has 5 heteroatoms. The number of halogens is 2. The van der Waals surface area contributed by atoms with Crippen molar-refractivity contribution in [3.05, 3.63) is 57.2 Å². The van der Waals surface area contributed by atoms with E-state index < -0.39 is 0 Å². The highest BCUT2D eigenvalue weighted by molar-refractivity contribution is 7.08. The molecule has 1 heterocycles. The van der Waals surface area contributed by atoms with Crippen molar-refractivity contribution < 1.29 is 9.53 Å². The molecule has 3 rings (SSSR count). The molecule has 1 aromatic carbocycles. The zero-order valence-electron chi connectivity index (χ0n) is 13.5. The van der Waals surface area contributed by atoms with Crippen LogP contribution in [0, 0.1) is 17.3 Å². The first-order chi connectivity index (χ1) is 11.4. The van der Waals surface area contributed by atoms with Gasteiger partial charge in [0.1, 0.15) is 11.1 Å². The second-order valence-corrected chi connectivity index (χ2v) is 8.39. The van der Waals surface area contributed by atoms with Gasteiger partial charge in [-0.2, -0.15) is 11.3 Å². The minimum absolute atomic E-state index is 0.0344. The van der Waals surface area contributed by atoms with Crippen LogP contribution in [0.25, 0.3) is 11.1 Å². The summed E-state index contributed by atoms with van der Waals surface area (Å²) >= 11 is 13.1. The second kappa shape index (κ2) is 6.91. The minimum Gasteiger partial charge on any atom is -0.461 e. The van der Waals surface area contributed by atoms with Gasteiger partial charge in [-0.15, -0.1) is 0 Å². The summed E-state index contributed by atoms with van der Waals surface area (Å²) in [5, 5.41) is 4.15. The van der Waals surface area contributed by atoms with E-state index in [0.717, 1.165) is 11.1 Å². The van der Waals surface area contributed by atoms with Gasteiger partial charge in [0.25, 0.3) is 0 Å². The Morgan fingerprint density at radius 3 is 2.75 bits per heavy atom. The van der Waals surface area contributed by atoms with Gasteiger partial charge in [-0.3, -0.25) is 4.79 Å². The van der Waals surface area contributed by atoms with Crippen molar-refractivity contribution >= 4 is 40.5 Å². The molecule has 1 aliphatic rings. The van der Waals surface area contributed by atoms with Crippen LogP contribution in [0.5, 0.6) is 0 Å². The quantitative estimate of drug-likeness (QED) is 0.590. The molecule has 0 N–H and O–H groups in total. The second-order valence-electron chi connectivity index (χ2n) is 6.60. The fourth-order valence-corrected chi connectivity index (χ4v) is 4.02. The van der Waals surface area contributed by atoms with Gasteiger partial charge in [0, 0.05) is 0 Å². The highest BCUT2D eigenvalue weighted by atomic mass is 35.5. The topological polar surface area (TPSA) is 26.3 Å². The maximum Gasteiger partial charge on any atom is 0.310 e. The van der Waals surface area contributed by atoms with Gasteiger partial charge >= 0.3 is 5.97 Å². The predicted molar refractivity (Wildman–Crippen MR) is 100 cm³/mol. The van der Waals surface area contributed by atoms with Crippen molar-refractivity contribution in [1.82, 2.24) is 0 Å². The SMILES string of the molecule is CC1(C)[C@H](C(=O)OCc2cccc(-c3ccsc3)c2)[C@@H]1C=C(Cl)Cl. The summed E-state index contributed by atoms with van der Waals surface area (Å²) in [6, 6.07) is 10.1. The third-order valence-electron chi connectivity index (χ3n) is 4.63. The van der Waals surface area contributed by atoms with E-state index in [-0.39, 0.29) is 34.3 Å². The first-order valence-corrected chi connectivity index (χ1v) is 9.40. The lowest BCUT2D eigenvalue weighted by Crippen LogP contribution is -2.10. The molecule has 0 unspecified atom stereocenters. The van der Waals surface area contributed by atoms with Gasteiger partial charge in [-0.1, -0.05) is 55.2 Å². The fraction of sp³-hybridized carbons (Fsp3) is 0.316. The van der Waals surface area contributed by atoms with Crippen LogP contribution < -0.4 is 0 Å².